The summed E-state index contributed by atoms with van der Waals surface area (Å²) in [6.45, 7) is 7.28. The maximum absolute atomic E-state index is 9.32. The minimum Gasteiger partial charge on any atom is -0.389 e. The predicted molar refractivity (Wildman–Crippen MR) is 52.4 cm³/mol. The van der Waals surface area contributed by atoms with Crippen molar-refractivity contribution in [2.45, 2.75) is 27.4 Å². The minimum atomic E-state index is -0.347. The van der Waals surface area contributed by atoms with Gasteiger partial charge in [-0.25, -0.2) is 0 Å². The summed E-state index contributed by atoms with van der Waals surface area (Å²) in [7, 11) is 1.60. The van der Waals surface area contributed by atoms with E-state index in [0.717, 1.165) is 13.1 Å². The largest absolute Gasteiger partial charge is 0.389 e. The van der Waals surface area contributed by atoms with Gasteiger partial charge in [0.15, 0.2) is 0 Å². The van der Waals surface area contributed by atoms with Gasteiger partial charge < -0.3 is 14.7 Å². The molecule has 0 radical (unpaired) electrons. The molecule has 0 aromatic rings. The van der Waals surface area contributed by atoms with Crippen LogP contribution in [0.5, 0.6) is 0 Å². The van der Waals surface area contributed by atoms with E-state index in [1.165, 1.54) is 0 Å². The van der Waals surface area contributed by atoms with Crippen LogP contribution in [-0.2, 0) is 4.74 Å². The molecule has 0 amide bonds. The van der Waals surface area contributed by atoms with Gasteiger partial charge in [0.25, 0.3) is 0 Å². The average molecular weight is 177 g/mol. The van der Waals surface area contributed by atoms with Crippen molar-refractivity contribution < 1.29 is 9.84 Å². The van der Waals surface area contributed by atoms with E-state index in [0.29, 0.717) is 13.2 Å². The fourth-order valence-electron chi connectivity index (χ4n) is 1.02. The summed E-state index contributed by atoms with van der Waals surface area (Å²) in [5.41, 5.74) is 0. The van der Waals surface area contributed by atoms with Gasteiger partial charge in [-0.1, -0.05) is 21.3 Å². The lowest BCUT2D eigenvalue weighted by molar-refractivity contribution is 0.0400. The normalized spacial score (nSPS) is 12.8. The highest BCUT2D eigenvalue weighted by Crippen LogP contribution is 1.91. The van der Waals surface area contributed by atoms with Crippen molar-refractivity contribution in [2.75, 3.05) is 33.4 Å². The van der Waals surface area contributed by atoms with Crippen LogP contribution in [0.4, 0.5) is 0 Å². The maximum Gasteiger partial charge on any atom is 0.0900 e. The summed E-state index contributed by atoms with van der Waals surface area (Å²) in [4.78, 5) is 2.17. The molecule has 12 heavy (non-hydrogen) atoms. The van der Waals surface area contributed by atoms with E-state index in [1.54, 1.807) is 7.11 Å². The van der Waals surface area contributed by atoms with Gasteiger partial charge in [0.1, 0.15) is 0 Å². The van der Waals surface area contributed by atoms with Crippen molar-refractivity contribution in [3.05, 3.63) is 0 Å². The van der Waals surface area contributed by atoms with Crippen LogP contribution in [0.2, 0.25) is 0 Å². The second kappa shape index (κ2) is 8.97. The Morgan fingerprint density at radius 1 is 1.33 bits per heavy atom. The molecule has 0 bridgehead atoms. The molecule has 1 N–H and O–H groups in total. The Bertz CT molecular complexity index is 84.6. The van der Waals surface area contributed by atoms with Crippen LogP contribution in [0, 0.1) is 0 Å². The molecule has 0 aliphatic heterocycles. The topological polar surface area (TPSA) is 32.7 Å². The van der Waals surface area contributed by atoms with Crippen molar-refractivity contribution in [2.24, 2.45) is 0 Å². The first-order valence-corrected chi connectivity index (χ1v) is 4.13. The van der Waals surface area contributed by atoms with Crippen LogP contribution in [0.25, 0.3) is 0 Å². The molecule has 0 aliphatic rings. The average Bonchev–Trinajstić information content (AvgIpc) is 2.01. The molecule has 0 saturated heterocycles. The molecule has 76 valence electrons. The lowest BCUT2D eigenvalue weighted by Crippen LogP contribution is -2.34. The van der Waals surface area contributed by atoms with Gasteiger partial charge >= 0.3 is 0 Å². The number of aliphatic hydroxyl groups excluding tert-OH is 1. The third kappa shape index (κ3) is 6.58. The van der Waals surface area contributed by atoms with E-state index in [9.17, 15) is 5.11 Å². The molecule has 0 saturated carbocycles. The molecule has 1 unspecified atom stereocenters. The number of hydrogen-bond donors (Lipinski definition) is 1. The Labute approximate surface area is 76.3 Å². The monoisotopic (exact) mass is 177 g/mol. The van der Waals surface area contributed by atoms with Crippen molar-refractivity contribution >= 4 is 0 Å². The zero-order valence-corrected chi connectivity index (χ0v) is 7.71. The zero-order chi connectivity index (χ0) is 8.69. The van der Waals surface area contributed by atoms with Gasteiger partial charge in [-0.05, 0) is 13.1 Å². The van der Waals surface area contributed by atoms with Crippen LogP contribution in [-0.4, -0.2) is 49.5 Å². The fourth-order valence-corrected chi connectivity index (χ4v) is 1.02. The molecule has 0 fully saturated rings. The Kier molecular flexibility index (Phi) is 10.8. The van der Waals surface area contributed by atoms with E-state index >= 15 is 0 Å². The summed E-state index contributed by atoms with van der Waals surface area (Å²) in [5, 5.41) is 9.32. The smallest absolute Gasteiger partial charge is 0.0900 e. The summed E-state index contributed by atoms with van der Waals surface area (Å²) in [6, 6.07) is 0. The fraction of sp³-hybridized carbons (Fsp3) is 1.00. The number of hydrogen-bond acceptors (Lipinski definition) is 3. The number of aliphatic hydroxyl groups is 1. The molecule has 0 rings (SSSR count). The lowest BCUT2D eigenvalue weighted by Gasteiger charge is -2.21. The molecule has 0 aliphatic carbocycles. The summed E-state index contributed by atoms with van der Waals surface area (Å²) in [6.07, 6.45) is -0.347. The first-order valence-electron chi connectivity index (χ1n) is 4.13. The van der Waals surface area contributed by atoms with Gasteiger partial charge in [-0.15, -0.1) is 0 Å². The molecular formula is C9H23NO2. The zero-order valence-electron chi connectivity index (χ0n) is 7.71. The minimum absolute atomic E-state index is 0. The van der Waals surface area contributed by atoms with Gasteiger partial charge in [0, 0.05) is 13.7 Å². The van der Waals surface area contributed by atoms with E-state index in [-0.39, 0.29) is 13.5 Å². The number of ether oxygens (including phenoxy) is 1. The van der Waals surface area contributed by atoms with E-state index < -0.39 is 0 Å². The second-order valence-electron chi connectivity index (χ2n) is 2.60. The first-order chi connectivity index (χ1) is 5.24. The Morgan fingerprint density at radius 3 is 2.17 bits per heavy atom. The quantitative estimate of drug-likeness (QED) is 0.656. The maximum atomic E-state index is 9.32. The van der Waals surface area contributed by atoms with Crippen LogP contribution >= 0.6 is 0 Å². The number of likely N-dealkylation sites (N-methyl/N-ethyl adjacent to an activating group) is 1. The van der Waals surface area contributed by atoms with E-state index in [4.69, 9.17) is 4.74 Å². The molecule has 3 heteroatoms. The number of rotatable bonds is 6. The molecule has 3 nitrogen and oxygen atoms in total. The van der Waals surface area contributed by atoms with E-state index in [1.807, 2.05) is 0 Å². The lowest BCUT2D eigenvalue weighted by atomic mass is 10.3. The molecule has 0 aromatic carbocycles. The highest BCUT2D eigenvalue weighted by atomic mass is 16.5. The van der Waals surface area contributed by atoms with Crippen LogP contribution < -0.4 is 0 Å². The molecule has 0 heterocycles. The van der Waals surface area contributed by atoms with Gasteiger partial charge in [-0.3, -0.25) is 0 Å². The first kappa shape index (κ1) is 14.4. The Morgan fingerprint density at radius 2 is 1.83 bits per heavy atom. The second-order valence-corrected chi connectivity index (χ2v) is 2.60. The third-order valence-corrected chi connectivity index (χ3v) is 1.72. The van der Waals surface area contributed by atoms with E-state index in [2.05, 4.69) is 18.7 Å². The van der Waals surface area contributed by atoms with Crippen LogP contribution in [0.3, 0.4) is 0 Å². The molecule has 0 aromatic heterocycles. The highest BCUT2D eigenvalue weighted by molar-refractivity contribution is 4.60. The van der Waals surface area contributed by atoms with Crippen LogP contribution in [0.15, 0.2) is 0 Å². The van der Waals surface area contributed by atoms with Crippen molar-refractivity contribution in [1.82, 2.24) is 4.90 Å². The number of methoxy groups -OCH3 is 1. The Balaban J connectivity index is 0. The highest BCUT2D eigenvalue weighted by Gasteiger charge is 2.07. The predicted octanol–water partition coefficient (Wildman–Crippen LogP) is 0.972. The van der Waals surface area contributed by atoms with Crippen LogP contribution in [0.1, 0.15) is 21.3 Å². The van der Waals surface area contributed by atoms with Crippen molar-refractivity contribution in [3.8, 4) is 0 Å². The summed E-state index contributed by atoms with van der Waals surface area (Å²) >= 11 is 0. The molecular weight excluding hydrogens is 154 g/mol. The van der Waals surface area contributed by atoms with Gasteiger partial charge in [0.2, 0.25) is 0 Å². The summed E-state index contributed by atoms with van der Waals surface area (Å²) in [5.74, 6) is 0. The standard InChI is InChI=1S/C8H19NO2.CH4/c1-4-9(5-2)6-8(10)7-11-3;/h8,10H,4-7H2,1-3H3;1H4. The Hall–Kier alpha value is -0.120. The van der Waals surface area contributed by atoms with Crippen molar-refractivity contribution in [3.63, 3.8) is 0 Å². The SMILES string of the molecule is C.CCN(CC)CC(O)COC. The summed E-state index contributed by atoms with van der Waals surface area (Å²) < 4.78 is 4.82. The molecule has 1 atom stereocenters. The van der Waals surface area contributed by atoms with Gasteiger partial charge in [-0.2, -0.15) is 0 Å². The van der Waals surface area contributed by atoms with Crippen molar-refractivity contribution in [1.29, 1.82) is 0 Å². The molecule has 0 spiro atoms. The van der Waals surface area contributed by atoms with Gasteiger partial charge in [0.05, 0.1) is 12.7 Å². The number of nitrogens with zero attached hydrogens (tertiary/aromatic N) is 1. The third-order valence-electron chi connectivity index (χ3n) is 1.72.